The zero-order valence-electron chi connectivity index (χ0n) is 18.5. The molecule has 1 aliphatic carbocycles. The summed E-state index contributed by atoms with van der Waals surface area (Å²) in [5.74, 6) is -0.504. The van der Waals surface area contributed by atoms with Gasteiger partial charge < -0.3 is 9.84 Å². The lowest BCUT2D eigenvalue weighted by molar-refractivity contribution is -0.0283. The molecular weight excluding hydrogens is 386 g/mol. The standard InChI is InChI=1S/C22H42BO5P/c1-2-3-4-5-6-7-8-9-10-11-12-13-14-15-16-27-22-20(23)17-19(18-24)21(22)28-29(25)26/h19-22,24H,2-18H2,1H3/p+1/t19-,20-,21?,22-/m1/s1. The monoisotopic (exact) mass is 429 g/mol. The van der Waals surface area contributed by atoms with Crippen molar-refractivity contribution in [3.8, 4) is 0 Å². The molecule has 0 aliphatic heterocycles. The van der Waals surface area contributed by atoms with Gasteiger partial charge in [0.1, 0.15) is 6.10 Å². The molecule has 0 aromatic carbocycles. The van der Waals surface area contributed by atoms with Crippen LogP contribution in [0.1, 0.15) is 103 Å². The zero-order valence-corrected chi connectivity index (χ0v) is 19.4. The van der Waals surface area contributed by atoms with Crippen LogP contribution in [0.3, 0.4) is 0 Å². The lowest BCUT2D eigenvalue weighted by atomic mass is 9.83. The molecule has 1 aliphatic rings. The molecule has 0 saturated heterocycles. The molecule has 2 unspecified atom stereocenters. The van der Waals surface area contributed by atoms with Gasteiger partial charge in [-0.3, -0.25) is 0 Å². The van der Waals surface area contributed by atoms with E-state index in [1.807, 2.05) is 0 Å². The molecule has 0 amide bonds. The fraction of sp³-hybridized carbons (Fsp3) is 1.00. The third-order valence-electron chi connectivity index (χ3n) is 6.04. The largest absolute Gasteiger partial charge is 0.695 e. The molecular formula is C22H43BO5P+. The highest BCUT2D eigenvalue weighted by Crippen LogP contribution is 2.41. The van der Waals surface area contributed by atoms with Gasteiger partial charge in [0.2, 0.25) is 0 Å². The van der Waals surface area contributed by atoms with Gasteiger partial charge in [-0.1, -0.05) is 90.4 Å². The highest BCUT2D eigenvalue weighted by atomic mass is 31.1. The average molecular weight is 429 g/mol. The van der Waals surface area contributed by atoms with Crippen LogP contribution in [0.5, 0.6) is 0 Å². The van der Waals surface area contributed by atoms with E-state index in [2.05, 4.69) is 6.92 Å². The summed E-state index contributed by atoms with van der Waals surface area (Å²) < 4.78 is 22.0. The van der Waals surface area contributed by atoms with Gasteiger partial charge in [0.15, 0.2) is 0 Å². The van der Waals surface area contributed by atoms with Gasteiger partial charge in [0, 0.05) is 23.7 Å². The normalized spacial score (nSPS) is 24.9. The number of hydrogen-bond donors (Lipinski definition) is 2. The van der Waals surface area contributed by atoms with Crippen LogP contribution in [0.2, 0.25) is 5.82 Å². The lowest BCUT2D eigenvalue weighted by Crippen LogP contribution is -2.32. The first-order valence-electron chi connectivity index (χ1n) is 11.9. The lowest BCUT2D eigenvalue weighted by Gasteiger charge is -2.21. The summed E-state index contributed by atoms with van der Waals surface area (Å²) in [5, 5.41) is 9.42. The van der Waals surface area contributed by atoms with Crippen molar-refractivity contribution >= 4 is 16.1 Å². The van der Waals surface area contributed by atoms with Crippen LogP contribution in [0, 0.1) is 5.92 Å². The molecule has 0 heterocycles. The average Bonchev–Trinajstić information content (AvgIpc) is 2.99. The molecule has 168 valence electrons. The second kappa shape index (κ2) is 17.7. The van der Waals surface area contributed by atoms with Crippen molar-refractivity contribution in [2.45, 2.75) is 121 Å². The zero-order chi connectivity index (χ0) is 21.3. The van der Waals surface area contributed by atoms with Crippen molar-refractivity contribution in [1.82, 2.24) is 0 Å². The molecule has 1 rings (SSSR count). The SMILES string of the molecule is [B][C@@H]1C[C@H](CO)C(O[P+](=O)O)[C@@H]1OCCCCCCCCCCCCCCCC. The molecule has 1 saturated carbocycles. The van der Waals surface area contributed by atoms with E-state index in [1.165, 1.54) is 77.0 Å². The summed E-state index contributed by atoms with van der Waals surface area (Å²) in [6, 6.07) is 0. The third kappa shape index (κ3) is 12.4. The Labute approximate surface area is 180 Å². The minimum absolute atomic E-state index is 0.111. The Morgan fingerprint density at radius 3 is 1.79 bits per heavy atom. The quantitative estimate of drug-likeness (QED) is 0.153. The van der Waals surface area contributed by atoms with E-state index in [-0.39, 0.29) is 18.3 Å². The van der Waals surface area contributed by atoms with Gasteiger partial charge in [0.05, 0.1) is 14.0 Å². The Balaban J connectivity index is 1.96. The molecule has 2 radical (unpaired) electrons. The molecule has 7 heteroatoms. The molecule has 5 nitrogen and oxygen atoms in total. The summed E-state index contributed by atoms with van der Waals surface area (Å²) in [4.78, 5) is 9.04. The summed E-state index contributed by atoms with van der Waals surface area (Å²) in [7, 11) is 3.35. The minimum Gasteiger partial charge on any atom is -0.396 e. The van der Waals surface area contributed by atoms with Gasteiger partial charge in [-0.05, 0) is 18.7 Å². The first-order chi connectivity index (χ1) is 14.1. The molecule has 0 aromatic heterocycles. The van der Waals surface area contributed by atoms with Gasteiger partial charge in [-0.25, -0.2) is 0 Å². The van der Waals surface area contributed by atoms with E-state index < -0.39 is 20.5 Å². The molecule has 29 heavy (non-hydrogen) atoms. The van der Waals surface area contributed by atoms with Crippen LogP contribution in [0.4, 0.5) is 0 Å². The molecule has 5 atom stereocenters. The van der Waals surface area contributed by atoms with Crippen molar-refractivity contribution in [3.63, 3.8) is 0 Å². The molecule has 0 bridgehead atoms. The fourth-order valence-electron chi connectivity index (χ4n) is 4.29. The van der Waals surface area contributed by atoms with E-state index in [0.29, 0.717) is 13.0 Å². The van der Waals surface area contributed by atoms with E-state index in [4.69, 9.17) is 22.0 Å². The third-order valence-corrected chi connectivity index (χ3v) is 6.46. The van der Waals surface area contributed by atoms with Crippen LogP contribution in [-0.4, -0.2) is 43.3 Å². The Kier molecular flexibility index (Phi) is 16.5. The first-order valence-corrected chi connectivity index (χ1v) is 13.0. The molecule has 0 aromatic rings. The van der Waals surface area contributed by atoms with E-state index in [9.17, 15) is 9.67 Å². The number of rotatable bonds is 19. The van der Waals surface area contributed by atoms with Crippen molar-refractivity contribution in [1.29, 1.82) is 0 Å². The van der Waals surface area contributed by atoms with Gasteiger partial charge in [-0.2, -0.15) is 0 Å². The Bertz CT molecular complexity index is 413. The minimum atomic E-state index is -2.72. The molecule has 2 N–H and O–H groups in total. The summed E-state index contributed by atoms with van der Waals surface area (Å²) >= 11 is 0. The van der Waals surface area contributed by atoms with Crippen LogP contribution < -0.4 is 0 Å². The topological polar surface area (TPSA) is 76.0 Å². The van der Waals surface area contributed by atoms with E-state index in [1.54, 1.807) is 0 Å². The summed E-state index contributed by atoms with van der Waals surface area (Å²) in [6.45, 7) is 2.73. The number of aliphatic hydroxyl groups excluding tert-OH is 1. The van der Waals surface area contributed by atoms with Gasteiger partial charge >= 0.3 is 8.25 Å². The number of ether oxygens (including phenoxy) is 1. The van der Waals surface area contributed by atoms with E-state index in [0.717, 1.165) is 12.8 Å². The van der Waals surface area contributed by atoms with Gasteiger partial charge in [0.25, 0.3) is 0 Å². The van der Waals surface area contributed by atoms with Crippen LogP contribution in [0.15, 0.2) is 0 Å². The van der Waals surface area contributed by atoms with Crippen molar-refractivity contribution < 1.29 is 23.8 Å². The predicted octanol–water partition coefficient (Wildman–Crippen LogP) is 5.86. The number of aliphatic hydroxyl groups is 1. The van der Waals surface area contributed by atoms with Crippen LogP contribution in [0.25, 0.3) is 0 Å². The number of hydrogen-bond acceptors (Lipinski definition) is 4. The smallest absolute Gasteiger partial charge is 0.396 e. The van der Waals surface area contributed by atoms with Gasteiger partial charge in [-0.15, -0.1) is 9.42 Å². The van der Waals surface area contributed by atoms with Crippen LogP contribution in [-0.2, 0) is 13.8 Å². The second-order valence-electron chi connectivity index (χ2n) is 8.58. The summed E-state index contributed by atoms with van der Waals surface area (Å²) in [6.07, 6.45) is 17.9. The molecule has 1 fully saturated rings. The Hall–Kier alpha value is 0.00494. The predicted molar refractivity (Wildman–Crippen MR) is 119 cm³/mol. The van der Waals surface area contributed by atoms with Crippen molar-refractivity contribution in [3.05, 3.63) is 0 Å². The summed E-state index contributed by atoms with van der Waals surface area (Å²) in [5.41, 5.74) is 0. The Morgan fingerprint density at radius 2 is 1.34 bits per heavy atom. The second-order valence-corrected chi connectivity index (χ2v) is 9.27. The maximum atomic E-state index is 11.0. The number of unbranched alkanes of at least 4 members (excludes halogenated alkanes) is 13. The van der Waals surface area contributed by atoms with Crippen LogP contribution >= 0.6 is 8.25 Å². The maximum absolute atomic E-state index is 11.0. The highest BCUT2D eigenvalue weighted by molar-refractivity contribution is 7.32. The van der Waals surface area contributed by atoms with Crippen molar-refractivity contribution in [2.24, 2.45) is 5.92 Å². The molecule has 0 spiro atoms. The van der Waals surface area contributed by atoms with E-state index >= 15 is 0 Å². The van der Waals surface area contributed by atoms with Crippen molar-refractivity contribution in [2.75, 3.05) is 13.2 Å². The highest BCUT2D eigenvalue weighted by Gasteiger charge is 2.46. The first kappa shape index (κ1) is 27.0. The Morgan fingerprint density at radius 1 is 0.862 bits per heavy atom. The maximum Gasteiger partial charge on any atom is 0.695 e. The fourth-order valence-corrected chi connectivity index (χ4v) is 4.79.